The molecular formula is C31H34N6O2. The molecule has 3 N–H and O–H groups in total. The summed E-state index contributed by atoms with van der Waals surface area (Å²) in [6, 6.07) is 26.0. The monoisotopic (exact) mass is 522 g/mol. The van der Waals surface area contributed by atoms with Crippen LogP contribution in [0.25, 0.3) is 0 Å². The lowest BCUT2D eigenvalue weighted by atomic mass is 9.94. The number of nitrogens with one attached hydrogen (secondary N) is 1. The van der Waals surface area contributed by atoms with Crippen molar-refractivity contribution in [2.45, 2.75) is 19.0 Å². The fourth-order valence-electron chi connectivity index (χ4n) is 5.32. The third kappa shape index (κ3) is 5.71. The quantitative estimate of drug-likeness (QED) is 0.386. The minimum atomic E-state index is -0.134. The van der Waals surface area contributed by atoms with Crippen LogP contribution >= 0.6 is 0 Å². The van der Waals surface area contributed by atoms with E-state index in [2.05, 4.69) is 39.5 Å². The topological polar surface area (TPSA) is 96.5 Å². The van der Waals surface area contributed by atoms with Crippen LogP contribution in [0.1, 0.15) is 43.7 Å². The largest absolute Gasteiger partial charge is 0.397 e. The van der Waals surface area contributed by atoms with E-state index >= 15 is 0 Å². The van der Waals surface area contributed by atoms with Crippen LogP contribution < -0.4 is 11.1 Å². The zero-order chi connectivity index (χ0) is 27.4. The Labute approximate surface area is 229 Å². The number of piperazine rings is 1. The summed E-state index contributed by atoms with van der Waals surface area (Å²) in [6.45, 7) is 4.00. The second kappa shape index (κ2) is 11.5. The first-order chi connectivity index (χ1) is 18.9. The molecule has 5 rings (SSSR count). The molecule has 8 heteroatoms. The number of nitrogens with zero attached hydrogens (tertiary/aromatic N) is 4. The summed E-state index contributed by atoms with van der Waals surface area (Å²) in [6.07, 6.45) is 3.08. The van der Waals surface area contributed by atoms with Crippen LogP contribution in [-0.4, -0.2) is 63.4 Å². The third-order valence-corrected chi connectivity index (χ3v) is 7.49. The fourth-order valence-corrected chi connectivity index (χ4v) is 5.32. The van der Waals surface area contributed by atoms with Gasteiger partial charge in [0.2, 0.25) is 0 Å². The van der Waals surface area contributed by atoms with Gasteiger partial charge < -0.3 is 20.5 Å². The lowest BCUT2D eigenvalue weighted by Crippen LogP contribution is -2.59. The van der Waals surface area contributed by atoms with Crippen LogP contribution in [0.4, 0.5) is 5.69 Å². The summed E-state index contributed by atoms with van der Waals surface area (Å²) in [5, 5.41) is 3.15. The Bertz CT molecular complexity index is 1400. The predicted molar refractivity (Wildman–Crippen MR) is 152 cm³/mol. The smallest absolute Gasteiger partial charge is 0.267 e. The number of nitrogen functional groups attached to an aromatic ring is 1. The first-order valence-electron chi connectivity index (χ1n) is 13.2. The van der Waals surface area contributed by atoms with Gasteiger partial charge in [0.15, 0.2) is 0 Å². The number of hydrogen-bond acceptors (Lipinski definition) is 5. The van der Waals surface area contributed by atoms with Crippen molar-refractivity contribution in [2.75, 3.05) is 31.9 Å². The van der Waals surface area contributed by atoms with Gasteiger partial charge in [-0.05, 0) is 36.2 Å². The highest BCUT2D eigenvalue weighted by atomic mass is 16.2. The van der Waals surface area contributed by atoms with E-state index in [1.54, 1.807) is 12.3 Å². The third-order valence-electron chi connectivity index (χ3n) is 7.49. The van der Waals surface area contributed by atoms with Crippen molar-refractivity contribution >= 4 is 17.5 Å². The summed E-state index contributed by atoms with van der Waals surface area (Å²) in [5.74, 6) is -0.246. The number of anilines is 1. The average molecular weight is 523 g/mol. The summed E-state index contributed by atoms with van der Waals surface area (Å²) >= 11 is 0. The van der Waals surface area contributed by atoms with E-state index in [-0.39, 0.29) is 23.9 Å². The number of hydrogen-bond donors (Lipinski definition) is 2. The fraction of sp³-hybridized carbons (Fsp3) is 0.258. The molecule has 1 aliphatic heterocycles. The molecule has 0 aliphatic carbocycles. The van der Waals surface area contributed by atoms with E-state index in [1.807, 2.05) is 72.0 Å². The van der Waals surface area contributed by atoms with Crippen molar-refractivity contribution in [3.8, 4) is 0 Å². The van der Waals surface area contributed by atoms with Crippen LogP contribution in [0.2, 0.25) is 0 Å². The van der Waals surface area contributed by atoms with E-state index in [4.69, 9.17) is 5.73 Å². The van der Waals surface area contributed by atoms with Crippen molar-refractivity contribution in [1.29, 1.82) is 0 Å². The maximum atomic E-state index is 13.4. The zero-order valence-electron chi connectivity index (χ0n) is 22.3. The number of carbonyl (C=O) groups excluding carboxylic acids is 2. The minimum absolute atomic E-state index is 0.0297. The molecule has 0 bridgehead atoms. The van der Waals surface area contributed by atoms with Crippen LogP contribution in [0, 0.1) is 6.92 Å². The Hall–Kier alpha value is -4.43. The van der Waals surface area contributed by atoms with E-state index < -0.39 is 0 Å². The summed E-state index contributed by atoms with van der Waals surface area (Å²) in [7, 11) is 1.89. The lowest BCUT2D eigenvalue weighted by molar-refractivity contribution is 0.0381. The van der Waals surface area contributed by atoms with Crippen molar-refractivity contribution in [3.05, 3.63) is 119 Å². The molecule has 1 aliphatic rings. The molecule has 200 valence electrons. The van der Waals surface area contributed by atoms with E-state index in [1.165, 1.54) is 6.20 Å². The van der Waals surface area contributed by atoms with Gasteiger partial charge >= 0.3 is 0 Å². The predicted octanol–water partition coefficient (Wildman–Crippen LogP) is 3.66. The van der Waals surface area contributed by atoms with Gasteiger partial charge in [-0.15, -0.1) is 0 Å². The standard InChI is InChI=1S/C31H34N6O2/c1-22-13-14-28(35(22)2)30(38)34-20-27-21-36(31(39)25-17-26(32)19-33-18-25)15-16-37(27)29(23-9-5-3-6-10-23)24-11-7-4-8-12-24/h3-14,17-19,27,29H,15-16,20-21,32H2,1-2H3,(H,34,38). The van der Waals surface area contributed by atoms with E-state index in [9.17, 15) is 9.59 Å². The Kier molecular flexibility index (Phi) is 7.74. The summed E-state index contributed by atoms with van der Waals surface area (Å²) in [4.78, 5) is 34.9. The van der Waals surface area contributed by atoms with Gasteiger partial charge in [0.05, 0.1) is 17.3 Å². The van der Waals surface area contributed by atoms with E-state index in [0.29, 0.717) is 43.1 Å². The van der Waals surface area contributed by atoms with Crippen LogP contribution in [0.5, 0.6) is 0 Å². The molecule has 2 aromatic heterocycles. The SMILES string of the molecule is Cc1ccc(C(=O)NCC2CN(C(=O)c3cncc(N)c3)CCN2C(c2ccccc2)c2ccccc2)n1C. The highest BCUT2D eigenvalue weighted by Gasteiger charge is 2.36. The summed E-state index contributed by atoms with van der Waals surface area (Å²) in [5.41, 5.74) is 10.8. The van der Waals surface area contributed by atoms with Crippen LogP contribution in [-0.2, 0) is 7.05 Å². The number of nitrogens with two attached hydrogens (primary N) is 1. The Balaban J connectivity index is 1.45. The molecule has 0 spiro atoms. The van der Waals surface area contributed by atoms with Crippen molar-refractivity contribution in [3.63, 3.8) is 0 Å². The first-order valence-corrected chi connectivity index (χ1v) is 13.2. The molecule has 1 atom stereocenters. The number of benzene rings is 2. The molecule has 4 aromatic rings. The molecular weight excluding hydrogens is 488 g/mol. The van der Waals surface area contributed by atoms with Crippen LogP contribution in [0.15, 0.2) is 91.3 Å². The minimum Gasteiger partial charge on any atom is -0.397 e. The Morgan fingerprint density at radius 1 is 0.974 bits per heavy atom. The second-order valence-electron chi connectivity index (χ2n) is 10.0. The van der Waals surface area contributed by atoms with Crippen molar-refractivity contribution in [1.82, 2.24) is 24.7 Å². The molecule has 3 heterocycles. The molecule has 2 amide bonds. The molecule has 1 unspecified atom stereocenters. The van der Waals surface area contributed by atoms with Crippen LogP contribution in [0.3, 0.4) is 0 Å². The van der Waals surface area contributed by atoms with Gasteiger partial charge in [-0.25, -0.2) is 0 Å². The van der Waals surface area contributed by atoms with Gasteiger partial charge in [-0.3, -0.25) is 19.5 Å². The normalized spacial score (nSPS) is 15.9. The number of rotatable bonds is 7. The maximum absolute atomic E-state index is 13.4. The number of carbonyl (C=O) groups is 2. The summed E-state index contributed by atoms with van der Waals surface area (Å²) < 4.78 is 1.88. The number of pyridine rings is 1. The zero-order valence-corrected chi connectivity index (χ0v) is 22.3. The average Bonchev–Trinajstić information content (AvgIpc) is 3.30. The molecule has 39 heavy (non-hydrogen) atoms. The Morgan fingerprint density at radius 3 is 2.23 bits per heavy atom. The maximum Gasteiger partial charge on any atom is 0.267 e. The second-order valence-corrected chi connectivity index (χ2v) is 10.0. The van der Waals surface area contributed by atoms with Gasteiger partial charge in [0.1, 0.15) is 5.69 Å². The highest BCUT2D eigenvalue weighted by molar-refractivity contribution is 5.95. The molecule has 0 radical (unpaired) electrons. The highest BCUT2D eigenvalue weighted by Crippen LogP contribution is 2.32. The van der Waals surface area contributed by atoms with Crippen molar-refractivity contribution in [2.24, 2.45) is 7.05 Å². The number of aromatic nitrogens is 2. The van der Waals surface area contributed by atoms with Gasteiger partial charge in [-0.1, -0.05) is 60.7 Å². The van der Waals surface area contributed by atoms with Crippen molar-refractivity contribution < 1.29 is 9.59 Å². The molecule has 8 nitrogen and oxygen atoms in total. The van der Waals surface area contributed by atoms with E-state index in [0.717, 1.165) is 16.8 Å². The molecule has 2 aromatic carbocycles. The number of aryl methyl sites for hydroxylation is 1. The molecule has 1 saturated heterocycles. The number of amides is 2. The Morgan fingerprint density at radius 2 is 1.64 bits per heavy atom. The van der Waals surface area contributed by atoms with Gasteiger partial charge in [0.25, 0.3) is 11.8 Å². The molecule has 0 saturated carbocycles. The van der Waals surface area contributed by atoms with Gasteiger partial charge in [-0.2, -0.15) is 0 Å². The first kappa shape index (κ1) is 26.2. The lowest BCUT2D eigenvalue weighted by Gasteiger charge is -2.45. The molecule has 1 fully saturated rings. The van der Waals surface area contributed by atoms with Gasteiger partial charge in [0, 0.05) is 57.4 Å².